The smallest absolute Gasteiger partial charge is 0.379 e. The Balaban J connectivity index is 2.14. The first kappa shape index (κ1) is 17.8. The van der Waals surface area contributed by atoms with Crippen LogP contribution in [0.15, 0.2) is 41.7 Å². The molecule has 8 heteroatoms. The molecule has 128 valence electrons. The topological polar surface area (TPSA) is 46.6 Å². The summed E-state index contributed by atoms with van der Waals surface area (Å²) in [6, 6.07) is 9.44. The van der Waals surface area contributed by atoms with E-state index in [1.54, 1.807) is 6.92 Å². The van der Waals surface area contributed by atoms with Gasteiger partial charge in [-0.2, -0.15) is 21.6 Å². The summed E-state index contributed by atoms with van der Waals surface area (Å²) in [4.78, 5) is 1.87. The van der Waals surface area contributed by atoms with Gasteiger partial charge in [-0.1, -0.05) is 37.3 Å². The van der Waals surface area contributed by atoms with Gasteiger partial charge in [-0.25, -0.2) is 0 Å². The van der Waals surface area contributed by atoms with E-state index in [0.29, 0.717) is 31.5 Å². The summed E-state index contributed by atoms with van der Waals surface area (Å²) in [7, 11) is -5.62. The van der Waals surface area contributed by atoms with Crippen LogP contribution in [0.3, 0.4) is 0 Å². The Morgan fingerprint density at radius 2 is 1.87 bits per heavy atom. The van der Waals surface area contributed by atoms with Crippen LogP contribution in [-0.2, 0) is 20.8 Å². The van der Waals surface area contributed by atoms with Crippen molar-refractivity contribution in [3.05, 3.63) is 47.2 Å². The summed E-state index contributed by atoms with van der Waals surface area (Å²) in [5.41, 5.74) is -3.80. The maximum absolute atomic E-state index is 12.5. The molecule has 0 atom stereocenters. The zero-order chi connectivity index (χ0) is 17.1. The average molecular weight is 349 g/mol. The molecule has 0 amide bonds. The minimum atomic E-state index is -5.62. The van der Waals surface area contributed by atoms with Crippen LogP contribution in [0, 0.1) is 0 Å². The van der Waals surface area contributed by atoms with Crippen molar-refractivity contribution in [3.63, 3.8) is 0 Å². The third-order valence-corrected chi connectivity index (χ3v) is 4.65. The minimum Gasteiger partial charge on any atom is -0.379 e. The van der Waals surface area contributed by atoms with Crippen LogP contribution >= 0.6 is 0 Å². The largest absolute Gasteiger partial charge is 0.534 e. The first-order valence-electron chi connectivity index (χ1n) is 7.21. The lowest BCUT2D eigenvalue weighted by atomic mass is 10.0. The molecular formula is C15H18F3NO3S. The first-order valence-corrected chi connectivity index (χ1v) is 8.61. The number of alkyl halides is 3. The molecular weight excluding hydrogens is 331 g/mol. The lowest BCUT2D eigenvalue weighted by Gasteiger charge is -2.30. The van der Waals surface area contributed by atoms with E-state index >= 15 is 0 Å². The fourth-order valence-electron chi connectivity index (χ4n) is 2.44. The standard InChI is InChI=1S/C15H18F3NO3S/c1-2-13-8-9-19(10-12-6-4-3-5-7-12)11-14(13)22-23(20,21)15(16,17)18/h3-7H,2,8-11H2,1H3. The summed E-state index contributed by atoms with van der Waals surface area (Å²) in [6.45, 7) is 2.99. The van der Waals surface area contributed by atoms with Crippen molar-refractivity contribution >= 4 is 10.1 Å². The van der Waals surface area contributed by atoms with Gasteiger partial charge in [0.1, 0.15) is 5.76 Å². The lowest BCUT2D eigenvalue weighted by Crippen LogP contribution is -2.35. The monoisotopic (exact) mass is 349 g/mol. The van der Waals surface area contributed by atoms with Crippen molar-refractivity contribution in [2.24, 2.45) is 0 Å². The van der Waals surface area contributed by atoms with Crippen molar-refractivity contribution < 1.29 is 25.8 Å². The second kappa shape index (κ2) is 6.92. The highest BCUT2D eigenvalue weighted by Gasteiger charge is 2.49. The van der Waals surface area contributed by atoms with Gasteiger partial charge in [0.2, 0.25) is 0 Å². The first-order chi connectivity index (χ1) is 10.7. The Morgan fingerprint density at radius 3 is 2.43 bits per heavy atom. The highest BCUT2D eigenvalue weighted by Crippen LogP contribution is 2.30. The molecule has 0 saturated carbocycles. The molecule has 23 heavy (non-hydrogen) atoms. The number of hydrogen-bond donors (Lipinski definition) is 0. The predicted molar refractivity (Wildman–Crippen MR) is 79.7 cm³/mol. The van der Waals surface area contributed by atoms with Gasteiger partial charge in [0, 0.05) is 13.1 Å². The van der Waals surface area contributed by atoms with Gasteiger partial charge in [-0.15, -0.1) is 0 Å². The number of rotatable bonds is 5. The number of halogens is 3. The third kappa shape index (κ3) is 4.48. The molecule has 1 aromatic rings. The Morgan fingerprint density at radius 1 is 1.22 bits per heavy atom. The van der Waals surface area contributed by atoms with Crippen molar-refractivity contribution in [1.29, 1.82) is 0 Å². The zero-order valence-electron chi connectivity index (χ0n) is 12.6. The molecule has 1 aromatic carbocycles. The Labute approximate surface area is 133 Å². The van der Waals surface area contributed by atoms with Crippen LogP contribution in [0.2, 0.25) is 0 Å². The summed E-state index contributed by atoms with van der Waals surface area (Å²) in [5.74, 6) is -0.105. The van der Waals surface area contributed by atoms with Crippen LogP contribution in [0.4, 0.5) is 13.2 Å². The van der Waals surface area contributed by atoms with Crippen molar-refractivity contribution in [3.8, 4) is 0 Å². The molecule has 0 spiro atoms. The van der Waals surface area contributed by atoms with Crippen molar-refractivity contribution in [1.82, 2.24) is 4.90 Å². The van der Waals surface area contributed by atoms with Crippen molar-refractivity contribution in [2.75, 3.05) is 13.1 Å². The maximum atomic E-state index is 12.5. The van der Waals surface area contributed by atoms with Crippen LogP contribution in [0.1, 0.15) is 25.3 Å². The lowest BCUT2D eigenvalue weighted by molar-refractivity contribution is -0.0527. The van der Waals surface area contributed by atoms with Crippen molar-refractivity contribution in [2.45, 2.75) is 31.8 Å². The SMILES string of the molecule is CCC1=C(OS(=O)(=O)C(F)(F)F)CN(Cc2ccccc2)CC1. The minimum absolute atomic E-state index is 0.0490. The Hall–Kier alpha value is -1.54. The Bertz CT molecular complexity index is 669. The number of hydrogen-bond acceptors (Lipinski definition) is 4. The summed E-state index contributed by atoms with van der Waals surface area (Å²) >= 11 is 0. The van der Waals surface area contributed by atoms with Crippen LogP contribution in [0.25, 0.3) is 0 Å². The molecule has 1 aliphatic rings. The molecule has 0 aliphatic carbocycles. The highest BCUT2D eigenvalue weighted by molar-refractivity contribution is 7.87. The summed E-state index contributed by atoms with van der Waals surface area (Å²) < 4.78 is 64.4. The van der Waals surface area contributed by atoms with E-state index in [1.807, 2.05) is 35.2 Å². The van der Waals surface area contributed by atoms with E-state index in [0.717, 1.165) is 5.56 Å². The molecule has 0 unspecified atom stereocenters. The highest BCUT2D eigenvalue weighted by atomic mass is 32.2. The van der Waals surface area contributed by atoms with Gasteiger partial charge < -0.3 is 4.18 Å². The summed E-state index contributed by atoms with van der Waals surface area (Å²) in [6.07, 6.45) is 0.952. The number of nitrogens with zero attached hydrogens (tertiary/aromatic N) is 1. The molecule has 1 heterocycles. The molecule has 0 aromatic heterocycles. The maximum Gasteiger partial charge on any atom is 0.534 e. The number of benzene rings is 1. The average Bonchev–Trinajstić information content (AvgIpc) is 2.47. The van der Waals surface area contributed by atoms with Gasteiger partial charge in [0.15, 0.2) is 0 Å². The van der Waals surface area contributed by atoms with E-state index < -0.39 is 15.6 Å². The molecule has 0 N–H and O–H groups in total. The summed E-state index contributed by atoms with van der Waals surface area (Å²) in [5, 5.41) is 0. The quantitative estimate of drug-likeness (QED) is 0.604. The van der Waals surface area contributed by atoms with Gasteiger partial charge in [0.05, 0.1) is 6.54 Å². The second-order valence-corrected chi connectivity index (χ2v) is 6.85. The molecule has 0 saturated heterocycles. The van der Waals surface area contributed by atoms with E-state index in [9.17, 15) is 21.6 Å². The predicted octanol–water partition coefficient (Wildman–Crippen LogP) is 3.42. The van der Waals surface area contributed by atoms with E-state index in [2.05, 4.69) is 4.18 Å². The normalized spacial score (nSPS) is 17.4. The fraction of sp³-hybridized carbons (Fsp3) is 0.467. The molecule has 0 fully saturated rings. The van der Waals surface area contributed by atoms with E-state index in [4.69, 9.17) is 0 Å². The van der Waals surface area contributed by atoms with Crippen LogP contribution < -0.4 is 0 Å². The van der Waals surface area contributed by atoms with E-state index in [1.165, 1.54) is 0 Å². The van der Waals surface area contributed by atoms with Gasteiger partial charge in [-0.05, 0) is 24.0 Å². The molecule has 4 nitrogen and oxygen atoms in total. The molecule has 2 rings (SSSR count). The van der Waals surface area contributed by atoms with Gasteiger partial charge in [0.25, 0.3) is 0 Å². The van der Waals surface area contributed by atoms with Gasteiger partial charge >= 0.3 is 15.6 Å². The van der Waals surface area contributed by atoms with E-state index in [-0.39, 0.29) is 12.3 Å². The van der Waals surface area contributed by atoms with Gasteiger partial charge in [-0.3, -0.25) is 4.90 Å². The molecule has 1 aliphatic heterocycles. The Kier molecular flexibility index (Phi) is 5.36. The van der Waals surface area contributed by atoms with Crippen LogP contribution in [-0.4, -0.2) is 31.9 Å². The fourth-order valence-corrected chi connectivity index (χ4v) is 2.97. The molecule has 0 radical (unpaired) electrons. The third-order valence-electron chi connectivity index (χ3n) is 3.66. The molecule has 0 bridgehead atoms. The van der Waals surface area contributed by atoms with Crippen LogP contribution in [0.5, 0.6) is 0 Å². The second-order valence-electron chi connectivity index (χ2n) is 5.31. The zero-order valence-corrected chi connectivity index (χ0v) is 13.5.